The van der Waals surface area contributed by atoms with Crippen molar-refractivity contribution in [3.63, 3.8) is 0 Å². The molecule has 20 heavy (non-hydrogen) atoms. The van der Waals surface area contributed by atoms with Gasteiger partial charge < -0.3 is 15.7 Å². The second kappa shape index (κ2) is 5.09. The van der Waals surface area contributed by atoms with Crippen LogP contribution in [-0.4, -0.2) is 28.1 Å². The van der Waals surface area contributed by atoms with Crippen molar-refractivity contribution in [2.45, 2.75) is 57.7 Å². The minimum Gasteiger partial charge on any atom is -0.508 e. The predicted octanol–water partition coefficient (Wildman–Crippen LogP) is 2.43. The number of piperidine rings is 1. The zero-order valence-corrected chi connectivity index (χ0v) is 12.7. The van der Waals surface area contributed by atoms with Gasteiger partial charge in [-0.05, 0) is 64.8 Å². The lowest BCUT2D eigenvalue weighted by Gasteiger charge is -2.46. The van der Waals surface area contributed by atoms with Crippen molar-refractivity contribution in [3.8, 4) is 5.75 Å². The lowest BCUT2D eigenvalue weighted by atomic mass is 9.79. The van der Waals surface area contributed by atoms with Gasteiger partial charge in [-0.3, -0.25) is 4.79 Å². The molecule has 0 aliphatic carbocycles. The molecule has 2 rings (SSSR count). The molecule has 4 nitrogen and oxygen atoms in total. The fourth-order valence-electron chi connectivity index (χ4n) is 3.31. The van der Waals surface area contributed by atoms with Gasteiger partial charge in [-0.1, -0.05) is 0 Å². The van der Waals surface area contributed by atoms with E-state index < -0.39 is 0 Å². The van der Waals surface area contributed by atoms with Crippen molar-refractivity contribution in [1.29, 1.82) is 0 Å². The minimum absolute atomic E-state index is 0.00858. The van der Waals surface area contributed by atoms with Crippen molar-refractivity contribution < 1.29 is 9.90 Å². The van der Waals surface area contributed by atoms with E-state index in [2.05, 4.69) is 38.3 Å². The van der Waals surface area contributed by atoms with Crippen molar-refractivity contribution in [3.05, 3.63) is 29.8 Å². The summed E-state index contributed by atoms with van der Waals surface area (Å²) >= 11 is 0. The molecular formula is C16H24N2O2. The molecule has 1 aromatic rings. The third-order valence-electron chi connectivity index (χ3n) is 3.65. The number of benzene rings is 1. The van der Waals surface area contributed by atoms with Crippen LogP contribution in [0.1, 0.15) is 50.9 Å². The van der Waals surface area contributed by atoms with E-state index in [4.69, 9.17) is 0 Å². The Hall–Kier alpha value is -1.55. The molecule has 1 saturated heterocycles. The Labute approximate surface area is 120 Å². The third-order valence-corrected chi connectivity index (χ3v) is 3.65. The Balaban J connectivity index is 2.05. The van der Waals surface area contributed by atoms with Gasteiger partial charge in [-0.2, -0.15) is 0 Å². The van der Waals surface area contributed by atoms with Gasteiger partial charge in [0.05, 0.1) is 0 Å². The number of carbonyl (C=O) groups excluding carboxylic acids is 1. The molecule has 1 aliphatic rings. The molecular weight excluding hydrogens is 252 g/mol. The highest BCUT2D eigenvalue weighted by Crippen LogP contribution is 2.28. The Morgan fingerprint density at radius 3 is 2.15 bits per heavy atom. The number of nitrogens with one attached hydrogen (secondary N) is 2. The van der Waals surface area contributed by atoms with Crippen LogP contribution in [0.25, 0.3) is 0 Å². The molecule has 0 radical (unpaired) electrons. The van der Waals surface area contributed by atoms with Crippen LogP contribution in [-0.2, 0) is 0 Å². The summed E-state index contributed by atoms with van der Waals surface area (Å²) in [6, 6.07) is 6.50. The largest absolute Gasteiger partial charge is 0.508 e. The Kier molecular flexibility index (Phi) is 3.78. The molecule has 0 bridgehead atoms. The van der Waals surface area contributed by atoms with Crippen molar-refractivity contribution in [1.82, 2.24) is 10.6 Å². The topological polar surface area (TPSA) is 61.4 Å². The first kappa shape index (κ1) is 14.9. The van der Waals surface area contributed by atoms with E-state index >= 15 is 0 Å². The summed E-state index contributed by atoms with van der Waals surface area (Å²) in [6.45, 7) is 8.64. The number of carbonyl (C=O) groups is 1. The first-order chi connectivity index (χ1) is 9.17. The predicted molar refractivity (Wildman–Crippen MR) is 79.9 cm³/mol. The summed E-state index contributed by atoms with van der Waals surface area (Å²) in [7, 11) is 0. The van der Waals surface area contributed by atoms with E-state index in [1.54, 1.807) is 12.1 Å². The maximum Gasteiger partial charge on any atom is 0.251 e. The molecule has 0 unspecified atom stereocenters. The standard InChI is InChI=1S/C16H24N2O2/c1-15(2)9-12(10-16(3,4)18-15)17-14(20)11-5-7-13(19)8-6-11/h5-8,12,18-19H,9-10H2,1-4H3,(H,17,20). The fourth-order valence-corrected chi connectivity index (χ4v) is 3.31. The second-order valence-electron chi connectivity index (χ2n) is 7.02. The van der Waals surface area contributed by atoms with Crippen molar-refractivity contribution in [2.75, 3.05) is 0 Å². The molecule has 0 atom stereocenters. The van der Waals surface area contributed by atoms with Crippen molar-refractivity contribution >= 4 is 5.91 Å². The second-order valence-corrected chi connectivity index (χ2v) is 7.02. The Morgan fingerprint density at radius 1 is 1.15 bits per heavy atom. The summed E-state index contributed by atoms with van der Waals surface area (Å²) in [4.78, 5) is 12.2. The first-order valence-electron chi connectivity index (χ1n) is 7.06. The van der Waals surface area contributed by atoms with E-state index in [1.807, 2.05) is 0 Å². The van der Waals surface area contributed by atoms with Crippen LogP contribution < -0.4 is 10.6 Å². The van der Waals surface area contributed by atoms with Crippen molar-refractivity contribution in [2.24, 2.45) is 0 Å². The number of hydrogen-bond donors (Lipinski definition) is 3. The van der Waals surface area contributed by atoms with Crippen LogP contribution in [0.5, 0.6) is 5.75 Å². The van der Waals surface area contributed by atoms with Crippen LogP contribution in [0.15, 0.2) is 24.3 Å². The summed E-state index contributed by atoms with van der Waals surface area (Å²) in [5.74, 6) is 0.0918. The van der Waals surface area contributed by atoms with E-state index in [0.29, 0.717) is 5.56 Å². The normalized spacial score (nSPS) is 21.4. The third kappa shape index (κ3) is 3.73. The highest BCUT2D eigenvalue weighted by atomic mass is 16.3. The number of hydrogen-bond acceptors (Lipinski definition) is 3. The molecule has 3 N–H and O–H groups in total. The minimum atomic E-state index is -0.0801. The van der Waals surface area contributed by atoms with Gasteiger partial charge in [0.15, 0.2) is 0 Å². The zero-order chi connectivity index (χ0) is 15.0. The maximum absolute atomic E-state index is 12.2. The molecule has 4 heteroatoms. The van der Waals surface area contributed by atoms with E-state index in [-0.39, 0.29) is 28.8 Å². The molecule has 0 saturated carbocycles. The summed E-state index contributed by atoms with van der Waals surface area (Å²) in [5, 5.41) is 16.0. The lowest BCUT2D eigenvalue weighted by molar-refractivity contribution is 0.0873. The number of phenolic OH excluding ortho intramolecular Hbond substituents is 1. The van der Waals surface area contributed by atoms with Crippen LogP contribution in [0, 0.1) is 0 Å². The highest BCUT2D eigenvalue weighted by Gasteiger charge is 2.38. The summed E-state index contributed by atoms with van der Waals surface area (Å²) in [5.41, 5.74) is 0.598. The van der Waals surface area contributed by atoms with Gasteiger partial charge in [0, 0.05) is 22.7 Å². The monoisotopic (exact) mass is 276 g/mol. The number of aromatic hydroxyl groups is 1. The molecule has 1 aromatic carbocycles. The quantitative estimate of drug-likeness (QED) is 0.777. The van der Waals surface area contributed by atoms with Crippen LogP contribution in [0.3, 0.4) is 0 Å². The van der Waals surface area contributed by atoms with Crippen LogP contribution in [0.2, 0.25) is 0 Å². The van der Waals surface area contributed by atoms with Crippen LogP contribution in [0.4, 0.5) is 0 Å². The van der Waals surface area contributed by atoms with E-state index in [9.17, 15) is 9.90 Å². The van der Waals surface area contributed by atoms with Gasteiger partial charge in [0.25, 0.3) is 5.91 Å². The Bertz CT molecular complexity index is 476. The van der Waals surface area contributed by atoms with Gasteiger partial charge in [0.2, 0.25) is 0 Å². The van der Waals surface area contributed by atoms with Gasteiger partial charge in [-0.15, -0.1) is 0 Å². The zero-order valence-electron chi connectivity index (χ0n) is 12.7. The Morgan fingerprint density at radius 2 is 1.65 bits per heavy atom. The number of phenols is 1. The molecule has 0 aromatic heterocycles. The highest BCUT2D eigenvalue weighted by molar-refractivity contribution is 5.94. The fraction of sp³-hybridized carbons (Fsp3) is 0.562. The van der Waals surface area contributed by atoms with E-state index in [1.165, 1.54) is 12.1 Å². The van der Waals surface area contributed by atoms with Crippen LogP contribution >= 0.6 is 0 Å². The van der Waals surface area contributed by atoms with Gasteiger partial charge in [-0.25, -0.2) is 0 Å². The SMILES string of the molecule is CC1(C)CC(NC(=O)c2ccc(O)cc2)CC(C)(C)N1. The summed E-state index contributed by atoms with van der Waals surface area (Å²) in [6.07, 6.45) is 1.81. The molecule has 0 spiro atoms. The first-order valence-corrected chi connectivity index (χ1v) is 7.06. The maximum atomic E-state index is 12.2. The average molecular weight is 276 g/mol. The van der Waals surface area contributed by atoms with Gasteiger partial charge in [0.1, 0.15) is 5.75 Å². The smallest absolute Gasteiger partial charge is 0.251 e. The lowest BCUT2D eigenvalue weighted by Crippen LogP contribution is -2.62. The number of amides is 1. The number of rotatable bonds is 2. The van der Waals surface area contributed by atoms with Gasteiger partial charge >= 0.3 is 0 Å². The molecule has 1 heterocycles. The molecule has 110 valence electrons. The summed E-state index contributed by atoms with van der Waals surface area (Å²) < 4.78 is 0. The van der Waals surface area contributed by atoms with E-state index in [0.717, 1.165) is 12.8 Å². The average Bonchev–Trinajstić information content (AvgIpc) is 2.25. The molecule has 1 aliphatic heterocycles. The molecule has 1 amide bonds. The molecule has 1 fully saturated rings.